The largest absolute Gasteiger partial charge is 0.396 e. The quantitative estimate of drug-likeness (QED) is 0.796. The Labute approximate surface area is 96.1 Å². The monoisotopic (exact) mass is 221 g/mol. The van der Waals surface area contributed by atoms with E-state index in [0.717, 1.165) is 30.9 Å². The number of anilines is 1. The lowest BCUT2D eigenvalue weighted by Gasteiger charge is -2.21. The van der Waals surface area contributed by atoms with Crippen molar-refractivity contribution >= 4 is 5.82 Å². The standard InChI is InChI=1S/C12H19N3O/c1-9(13)11-3-2-5-14-12(11)15-6-4-10(7-15)8-16/h2-3,5,9-10,16H,4,6-8,13H2,1H3/t9-,10?/m1/s1. The molecule has 0 aromatic carbocycles. The van der Waals surface area contributed by atoms with Crippen LogP contribution in [0.25, 0.3) is 0 Å². The van der Waals surface area contributed by atoms with Gasteiger partial charge in [0.25, 0.3) is 0 Å². The number of pyridine rings is 1. The molecule has 3 N–H and O–H groups in total. The van der Waals surface area contributed by atoms with E-state index in [1.807, 2.05) is 19.1 Å². The molecule has 4 nitrogen and oxygen atoms in total. The minimum atomic E-state index is -0.00289. The van der Waals surface area contributed by atoms with Gasteiger partial charge in [-0.15, -0.1) is 0 Å². The maximum Gasteiger partial charge on any atom is 0.133 e. The van der Waals surface area contributed by atoms with E-state index in [-0.39, 0.29) is 12.6 Å². The predicted molar refractivity (Wildman–Crippen MR) is 64.2 cm³/mol. The second-order valence-electron chi connectivity index (χ2n) is 4.49. The molecule has 2 heterocycles. The van der Waals surface area contributed by atoms with Gasteiger partial charge in [0.1, 0.15) is 5.82 Å². The molecule has 0 amide bonds. The highest BCUT2D eigenvalue weighted by atomic mass is 16.3. The molecule has 0 saturated carbocycles. The van der Waals surface area contributed by atoms with E-state index in [1.54, 1.807) is 6.20 Å². The predicted octanol–water partition coefficient (Wildman–Crippen LogP) is 0.920. The summed E-state index contributed by atoms with van der Waals surface area (Å²) in [5.41, 5.74) is 7.02. The molecule has 1 aromatic rings. The fourth-order valence-corrected chi connectivity index (χ4v) is 2.20. The molecule has 1 saturated heterocycles. The summed E-state index contributed by atoms with van der Waals surface area (Å²) in [6.07, 6.45) is 2.83. The molecule has 1 fully saturated rings. The summed E-state index contributed by atoms with van der Waals surface area (Å²) in [5.74, 6) is 1.36. The van der Waals surface area contributed by atoms with Crippen LogP contribution in [0.15, 0.2) is 18.3 Å². The van der Waals surface area contributed by atoms with Crippen LogP contribution < -0.4 is 10.6 Å². The highest BCUT2D eigenvalue weighted by Crippen LogP contribution is 2.27. The Hall–Kier alpha value is -1.13. The lowest BCUT2D eigenvalue weighted by Crippen LogP contribution is -2.24. The maximum atomic E-state index is 9.14. The SMILES string of the molecule is C[C@@H](N)c1cccnc1N1CCC(CO)C1. The zero-order valence-corrected chi connectivity index (χ0v) is 9.63. The molecule has 2 rings (SSSR count). The third-order valence-corrected chi connectivity index (χ3v) is 3.15. The molecule has 0 aliphatic carbocycles. The van der Waals surface area contributed by atoms with Crippen LogP contribution in [0.5, 0.6) is 0 Å². The van der Waals surface area contributed by atoms with Gasteiger partial charge in [0, 0.05) is 43.4 Å². The maximum absolute atomic E-state index is 9.14. The summed E-state index contributed by atoms with van der Waals surface area (Å²) >= 11 is 0. The lowest BCUT2D eigenvalue weighted by molar-refractivity contribution is 0.238. The van der Waals surface area contributed by atoms with Gasteiger partial charge in [-0.1, -0.05) is 6.07 Å². The van der Waals surface area contributed by atoms with E-state index < -0.39 is 0 Å². The van der Waals surface area contributed by atoms with E-state index in [1.165, 1.54) is 0 Å². The Morgan fingerprint density at radius 3 is 3.12 bits per heavy atom. The molecule has 1 aliphatic heterocycles. The molecule has 4 heteroatoms. The molecular formula is C12H19N3O. The first-order valence-corrected chi connectivity index (χ1v) is 5.78. The third-order valence-electron chi connectivity index (χ3n) is 3.15. The first-order chi connectivity index (χ1) is 7.72. The Balaban J connectivity index is 2.20. The summed E-state index contributed by atoms with van der Waals surface area (Å²) in [4.78, 5) is 6.64. The van der Waals surface area contributed by atoms with Crippen LogP contribution in [-0.2, 0) is 0 Å². The van der Waals surface area contributed by atoms with Gasteiger partial charge < -0.3 is 15.7 Å². The number of hydrogen-bond acceptors (Lipinski definition) is 4. The Bertz CT molecular complexity index is 354. The van der Waals surface area contributed by atoms with Crippen molar-refractivity contribution in [3.63, 3.8) is 0 Å². The highest BCUT2D eigenvalue weighted by molar-refractivity contribution is 5.49. The fourth-order valence-electron chi connectivity index (χ4n) is 2.20. The Morgan fingerprint density at radius 1 is 1.69 bits per heavy atom. The Kier molecular flexibility index (Phi) is 3.41. The summed E-state index contributed by atoms with van der Waals surface area (Å²) in [6, 6.07) is 3.94. The summed E-state index contributed by atoms with van der Waals surface area (Å²) in [7, 11) is 0. The molecule has 16 heavy (non-hydrogen) atoms. The van der Waals surface area contributed by atoms with E-state index in [4.69, 9.17) is 10.8 Å². The molecule has 0 radical (unpaired) electrons. The van der Waals surface area contributed by atoms with Gasteiger partial charge in [0.05, 0.1) is 0 Å². The van der Waals surface area contributed by atoms with Crippen molar-refractivity contribution in [2.75, 3.05) is 24.6 Å². The van der Waals surface area contributed by atoms with Gasteiger partial charge in [-0.05, 0) is 19.4 Å². The number of hydrogen-bond donors (Lipinski definition) is 2. The van der Waals surface area contributed by atoms with E-state index in [2.05, 4.69) is 9.88 Å². The van der Waals surface area contributed by atoms with E-state index >= 15 is 0 Å². The molecule has 2 atom stereocenters. The van der Waals surface area contributed by atoms with Crippen molar-refractivity contribution in [2.24, 2.45) is 11.7 Å². The summed E-state index contributed by atoms with van der Waals surface area (Å²) < 4.78 is 0. The van der Waals surface area contributed by atoms with Crippen molar-refractivity contribution in [3.8, 4) is 0 Å². The molecule has 1 aliphatic rings. The molecule has 0 spiro atoms. The number of aliphatic hydroxyl groups is 1. The fraction of sp³-hybridized carbons (Fsp3) is 0.583. The van der Waals surface area contributed by atoms with Crippen LogP contribution in [0.1, 0.15) is 24.9 Å². The van der Waals surface area contributed by atoms with Crippen LogP contribution in [-0.4, -0.2) is 29.8 Å². The van der Waals surface area contributed by atoms with Crippen molar-refractivity contribution in [1.82, 2.24) is 4.98 Å². The van der Waals surface area contributed by atoms with Gasteiger partial charge in [-0.2, -0.15) is 0 Å². The van der Waals surface area contributed by atoms with Crippen molar-refractivity contribution in [3.05, 3.63) is 23.9 Å². The van der Waals surface area contributed by atoms with Crippen molar-refractivity contribution < 1.29 is 5.11 Å². The first kappa shape index (κ1) is 11.4. The smallest absolute Gasteiger partial charge is 0.133 e. The van der Waals surface area contributed by atoms with Crippen LogP contribution >= 0.6 is 0 Å². The van der Waals surface area contributed by atoms with Crippen LogP contribution in [0.2, 0.25) is 0 Å². The van der Waals surface area contributed by atoms with Gasteiger partial charge in [-0.3, -0.25) is 0 Å². The molecule has 1 unspecified atom stereocenters. The third kappa shape index (κ3) is 2.18. The summed E-state index contributed by atoms with van der Waals surface area (Å²) in [6.45, 7) is 4.08. The average molecular weight is 221 g/mol. The topological polar surface area (TPSA) is 62.4 Å². The number of aliphatic hydroxyl groups excluding tert-OH is 1. The van der Waals surface area contributed by atoms with Crippen LogP contribution in [0.3, 0.4) is 0 Å². The van der Waals surface area contributed by atoms with Gasteiger partial charge in [0.2, 0.25) is 0 Å². The highest BCUT2D eigenvalue weighted by Gasteiger charge is 2.24. The number of nitrogens with zero attached hydrogens (tertiary/aromatic N) is 2. The molecule has 0 bridgehead atoms. The Morgan fingerprint density at radius 2 is 2.50 bits per heavy atom. The molecule has 1 aromatic heterocycles. The zero-order chi connectivity index (χ0) is 11.5. The van der Waals surface area contributed by atoms with Crippen LogP contribution in [0, 0.1) is 5.92 Å². The first-order valence-electron chi connectivity index (χ1n) is 5.78. The van der Waals surface area contributed by atoms with E-state index in [9.17, 15) is 0 Å². The number of rotatable bonds is 3. The number of nitrogens with two attached hydrogens (primary N) is 1. The van der Waals surface area contributed by atoms with Gasteiger partial charge in [0.15, 0.2) is 0 Å². The van der Waals surface area contributed by atoms with Crippen LogP contribution in [0.4, 0.5) is 5.82 Å². The average Bonchev–Trinajstić information content (AvgIpc) is 2.77. The molecular weight excluding hydrogens is 202 g/mol. The summed E-state index contributed by atoms with van der Waals surface area (Å²) in [5, 5.41) is 9.14. The van der Waals surface area contributed by atoms with E-state index in [0.29, 0.717) is 5.92 Å². The minimum absolute atomic E-state index is 0.00289. The minimum Gasteiger partial charge on any atom is -0.396 e. The second kappa shape index (κ2) is 4.80. The van der Waals surface area contributed by atoms with Crippen molar-refractivity contribution in [1.29, 1.82) is 0 Å². The molecule has 88 valence electrons. The normalized spacial score (nSPS) is 22.4. The van der Waals surface area contributed by atoms with Crippen molar-refractivity contribution in [2.45, 2.75) is 19.4 Å². The lowest BCUT2D eigenvalue weighted by atomic mass is 10.1. The number of aromatic nitrogens is 1. The van der Waals surface area contributed by atoms with Gasteiger partial charge >= 0.3 is 0 Å². The van der Waals surface area contributed by atoms with Gasteiger partial charge in [-0.25, -0.2) is 4.98 Å². The second-order valence-corrected chi connectivity index (χ2v) is 4.49. The zero-order valence-electron chi connectivity index (χ0n) is 9.63.